The highest BCUT2D eigenvalue weighted by molar-refractivity contribution is 7.07. The van der Waals surface area contributed by atoms with Crippen LogP contribution in [0.2, 0.25) is 0 Å². The van der Waals surface area contributed by atoms with Gasteiger partial charge in [0, 0.05) is 20.1 Å². The third kappa shape index (κ3) is 4.39. The van der Waals surface area contributed by atoms with E-state index in [0.29, 0.717) is 13.1 Å². The van der Waals surface area contributed by atoms with Gasteiger partial charge < -0.3 is 14.6 Å². The lowest BCUT2D eigenvalue weighted by Crippen LogP contribution is -2.43. The maximum absolute atomic E-state index is 12.4. The second kappa shape index (κ2) is 8.35. The Kier molecular flexibility index (Phi) is 5.93. The molecule has 3 rings (SSSR count). The van der Waals surface area contributed by atoms with Gasteiger partial charge in [0.2, 0.25) is 0 Å². The molecule has 0 aliphatic carbocycles. The Labute approximate surface area is 147 Å². The summed E-state index contributed by atoms with van der Waals surface area (Å²) in [4.78, 5) is 16.5. The summed E-state index contributed by atoms with van der Waals surface area (Å²) in [5, 5.41) is 7.17. The molecule has 130 valence electrons. The van der Waals surface area contributed by atoms with Crippen LogP contribution in [0, 0.1) is 0 Å². The Hall–Kier alpha value is -1.79. The molecule has 0 saturated carbocycles. The number of nitrogens with zero attached hydrogens (tertiary/aromatic N) is 2. The molecule has 0 spiro atoms. The fourth-order valence-corrected chi connectivity index (χ4v) is 3.83. The molecule has 1 aliphatic rings. The van der Waals surface area contributed by atoms with Crippen LogP contribution in [0.4, 0.5) is 4.79 Å². The zero-order chi connectivity index (χ0) is 16.8. The summed E-state index contributed by atoms with van der Waals surface area (Å²) in [5.74, 6) is 0.928. The van der Waals surface area contributed by atoms with E-state index < -0.39 is 0 Å². The lowest BCUT2D eigenvalue weighted by Gasteiger charge is -2.33. The van der Waals surface area contributed by atoms with E-state index in [1.165, 1.54) is 19.3 Å². The van der Waals surface area contributed by atoms with E-state index in [9.17, 15) is 4.79 Å². The van der Waals surface area contributed by atoms with Gasteiger partial charge in [-0.05, 0) is 60.5 Å². The Morgan fingerprint density at radius 1 is 1.38 bits per heavy atom. The van der Waals surface area contributed by atoms with Crippen molar-refractivity contribution >= 4 is 17.4 Å². The number of thiophene rings is 1. The lowest BCUT2D eigenvalue weighted by atomic mass is 10.1. The monoisotopic (exact) mass is 347 g/mol. The number of urea groups is 1. The van der Waals surface area contributed by atoms with E-state index in [1.54, 1.807) is 22.5 Å². The number of hydrogen-bond donors (Lipinski definition) is 1. The van der Waals surface area contributed by atoms with Crippen molar-refractivity contribution in [3.05, 3.63) is 46.5 Å². The highest BCUT2D eigenvalue weighted by atomic mass is 32.1. The first kappa shape index (κ1) is 17.0. The van der Waals surface area contributed by atoms with Gasteiger partial charge in [-0.3, -0.25) is 4.90 Å². The van der Waals surface area contributed by atoms with Crippen molar-refractivity contribution in [3.8, 4) is 0 Å². The molecule has 2 amide bonds. The molecule has 24 heavy (non-hydrogen) atoms. The third-order valence-electron chi connectivity index (χ3n) is 4.50. The summed E-state index contributed by atoms with van der Waals surface area (Å²) in [6.45, 7) is 3.32. The molecule has 1 saturated heterocycles. The van der Waals surface area contributed by atoms with Crippen LogP contribution in [0.1, 0.15) is 36.6 Å². The van der Waals surface area contributed by atoms with Crippen molar-refractivity contribution in [1.82, 2.24) is 15.1 Å². The number of furan rings is 1. The van der Waals surface area contributed by atoms with Crippen LogP contribution in [0.15, 0.2) is 39.6 Å². The molecule has 2 aromatic rings. The van der Waals surface area contributed by atoms with Crippen molar-refractivity contribution in [3.63, 3.8) is 0 Å². The fourth-order valence-electron chi connectivity index (χ4n) is 3.17. The van der Waals surface area contributed by atoms with Gasteiger partial charge in [-0.2, -0.15) is 11.3 Å². The predicted octanol–water partition coefficient (Wildman–Crippen LogP) is 3.71. The summed E-state index contributed by atoms with van der Waals surface area (Å²) in [6.07, 6.45) is 5.42. The van der Waals surface area contributed by atoms with Gasteiger partial charge in [-0.15, -0.1) is 0 Å². The minimum atomic E-state index is -0.0465. The van der Waals surface area contributed by atoms with E-state index in [1.807, 2.05) is 30.6 Å². The highest BCUT2D eigenvalue weighted by Crippen LogP contribution is 2.24. The first-order valence-electron chi connectivity index (χ1n) is 8.51. The van der Waals surface area contributed by atoms with Gasteiger partial charge in [0.25, 0.3) is 0 Å². The number of carbonyl (C=O) groups is 1. The zero-order valence-corrected chi connectivity index (χ0v) is 14.9. The van der Waals surface area contributed by atoms with Crippen molar-refractivity contribution < 1.29 is 9.21 Å². The number of piperidine rings is 1. The van der Waals surface area contributed by atoms with Crippen molar-refractivity contribution in [2.75, 3.05) is 26.7 Å². The molecule has 1 aliphatic heterocycles. The second-order valence-electron chi connectivity index (χ2n) is 6.30. The highest BCUT2D eigenvalue weighted by Gasteiger charge is 2.25. The average molecular weight is 347 g/mol. The molecule has 0 bridgehead atoms. The summed E-state index contributed by atoms with van der Waals surface area (Å²) in [5.41, 5.74) is 1.16. The van der Waals surface area contributed by atoms with Gasteiger partial charge >= 0.3 is 6.03 Å². The largest absolute Gasteiger partial charge is 0.468 e. The molecule has 0 aromatic carbocycles. The fraction of sp³-hybridized carbons (Fsp3) is 0.500. The Balaban J connectivity index is 1.57. The number of carbonyl (C=O) groups excluding carboxylic acids is 1. The predicted molar refractivity (Wildman–Crippen MR) is 96.1 cm³/mol. The van der Waals surface area contributed by atoms with Crippen LogP contribution < -0.4 is 5.32 Å². The van der Waals surface area contributed by atoms with Crippen LogP contribution in [0.5, 0.6) is 0 Å². The minimum absolute atomic E-state index is 0.0465. The molecule has 3 heterocycles. The SMILES string of the molecule is CN(Cc1ccsc1)C(=O)NC[C@@H](c1ccco1)N1CCCCC1. The third-order valence-corrected chi connectivity index (χ3v) is 5.23. The molecule has 0 radical (unpaired) electrons. The van der Waals surface area contributed by atoms with E-state index >= 15 is 0 Å². The lowest BCUT2D eigenvalue weighted by molar-refractivity contribution is 0.140. The first-order chi connectivity index (χ1) is 11.7. The molecule has 5 nitrogen and oxygen atoms in total. The number of nitrogens with one attached hydrogen (secondary N) is 1. The van der Waals surface area contributed by atoms with Gasteiger partial charge in [0.15, 0.2) is 0 Å². The maximum Gasteiger partial charge on any atom is 0.317 e. The Morgan fingerprint density at radius 3 is 2.88 bits per heavy atom. The number of amides is 2. The van der Waals surface area contributed by atoms with E-state index in [0.717, 1.165) is 24.4 Å². The van der Waals surface area contributed by atoms with Crippen molar-refractivity contribution in [2.24, 2.45) is 0 Å². The van der Waals surface area contributed by atoms with Gasteiger partial charge in [-0.25, -0.2) is 4.79 Å². The standard InChI is InChI=1S/C18H25N3O2S/c1-20(13-15-7-11-24-14-15)18(22)19-12-16(17-6-5-10-23-17)21-8-3-2-4-9-21/h5-7,10-11,14,16H,2-4,8-9,12-13H2,1H3,(H,19,22)/t16-/m0/s1. The molecule has 1 atom stereocenters. The maximum atomic E-state index is 12.4. The Morgan fingerprint density at radius 2 is 2.21 bits per heavy atom. The molecular formula is C18H25N3O2S. The minimum Gasteiger partial charge on any atom is -0.468 e. The number of likely N-dealkylation sites (tertiary alicyclic amines) is 1. The van der Waals surface area contributed by atoms with Crippen molar-refractivity contribution in [2.45, 2.75) is 31.8 Å². The van der Waals surface area contributed by atoms with Crippen molar-refractivity contribution in [1.29, 1.82) is 0 Å². The summed E-state index contributed by atoms with van der Waals surface area (Å²) >= 11 is 1.65. The van der Waals surface area contributed by atoms with Gasteiger partial charge in [0.05, 0.1) is 12.3 Å². The van der Waals surface area contributed by atoms with Gasteiger partial charge in [0.1, 0.15) is 5.76 Å². The summed E-state index contributed by atoms with van der Waals surface area (Å²) in [6, 6.07) is 6.03. The zero-order valence-electron chi connectivity index (χ0n) is 14.1. The van der Waals surface area contributed by atoms with E-state index in [-0.39, 0.29) is 12.1 Å². The molecule has 1 N–H and O–H groups in total. The first-order valence-corrected chi connectivity index (χ1v) is 9.46. The van der Waals surface area contributed by atoms with Crippen LogP contribution in [-0.4, -0.2) is 42.5 Å². The number of rotatable bonds is 6. The van der Waals surface area contributed by atoms with Gasteiger partial charge in [-0.1, -0.05) is 6.42 Å². The van der Waals surface area contributed by atoms with Crippen LogP contribution in [0.3, 0.4) is 0 Å². The van der Waals surface area contributed by atoms with Crippen LogP contribution >= 0.6 is 11.3 Å². The summed E-state index contributed by atoms with van der Waals surface area (Å²) in [7, 11) is 1.83. The number of hydrogen-bond acceptors (Lipinski definition) is 4. The normalized spacial score (nSPS) is 16.7. The van der Waals surface area contributed by atoms with E-state index in [2.05, 4.69) is 15.6 Å². The summed E-state index contributed by atoms with van der Waals surface area (Å²) < 4.78 is 5.62. The molecule has 6 heteroatoms. The average Bonchev–Trinajstić information content (AvgIpc) is 3.30. The molecule has 2 aromatic heterocycles. The topological polar surface area (TPSA) is 48.7 Å². The second-order valence-corrected chi connectivity index (χ2v) is 7.08. The van der Waals surface area contributed by atoms with E-state index in [4.69, 9.17) is 4.42 Å². The molecule has 0 unspecified atom stereocenters. The quantitative estimate of drug-likeness (QED) is 0.866. The molecule has 1 fully saturated rings. The molecular weight excluding hydrogens is 322 g/mol. The van der Waals surface area contributed by atoms with Crippen LogP contribution in [-0.2, 0) is 6.54 Å². The van der Waals surface area contributed by atoms with Crippen LogP contribution in [0.25, 0.3) is 0 Å². The Bertz CT molecular complexity index is 606. The smallest absolute Gasteiger partial charge is 0.317 e.